The van der Waals surface area contributed by atoms with Crippen molar-refractivity contribution < 1.29 is 15.2 Å². The fourth-order valence-corrected chi connectivity index (χ4v) is 1.57. The Labute approximate surface area is 87.8 Å². The average molecular weight is 202 g/mol. The molecule has 0 aliphatic carbocycles. The van der Waals surface area contributed by atoms with E-state index in [1.165, 1.54) is 0 Å². The van der Waals surface area contributed by atoms with Gasteiger partial charge in [0.25, 0.3) is 0 Å². The van der Waals surface area contributed by atoms with E-state index < -0.39 is 7.12 Å². The van der Waals surface area contributed by atoms with Crippen LogP contribution in [-0.2, 0) is 6.61 Å². The molecule has 0 spiro atoms. The van der Waals surface area contributed by atoms with Gasteiger partial charge in [0.1, 0.15) is 0 Å². The van der Waals surface area contributed by atoms with Crippen molar-refractivity contribution in [2.24, 2.45) is 0 Å². The van der Waals surface area contributed by atoms with Crippen LogP contribution in [0.1, 0.15) is 5.56 Å². The molecule has 2 aromatic carbocycles. The Hall–Kier alpha value is -1.36. The predicted octanol–water partition coefficient (Wildman–Crippen LogP) is 0.0119. The summed E-state index contributed by atoms with van der Waals surface area (Å²) in [5, 5.41) is 28.9. The third-order valence-corrected chi connectivity index (χ3v) is 2.41. The molecule has 4 heteroatoms. The standard InChI is InChI=1S/C11H11BO3/c13-7-8-1-2-9-3-4-11(12(14)15)6-10(9)5-8/h1-6,13-15H,7H2. The summed E-state index contributed by atoms with van der Waals surface area (Å²) >= 11 is 0. The van der Waals surface area contributed by atoms with Crippen LogP contribution in [0.4, 0.5) is 0 Å². The Bertz CT molecular complexity index is 482. The molecular formula is C11H11BO3. The van der Waals surface area contributed by atoms with Crippen LogP contribution in [0.5, 0.6) is 0 Å². The SMILES string of the molecule is OCc1ccc2ccc(B(O)O)cc2c1. The van der Waals surface area contributed by atoms with Crippen molar-refractivity contribution in [1.82, 2.24) is 0 Å². The third kappa shape index (κ3) is 2.02. The maximum atomic E-state index is 9.02. The molecule has 2 rings (SSSR count). The Morgan fingerprint density at radius 2 is 1.67 bits per heavy atom. The Balaban J connectivity index is 2.57. The molecule has 76 valence electrons. The Morgan fingerprint density at radius 3 is 2.33 bits per heavy atom. The molecule has 15 heavy (non-hydrogen) atoms. The quantitative estimate of drug-likeness (QED) is 0.601. The minimum atomic E-state index is -1.45. The summed E-state index contributed by atoms with van der Waals surface area (Å²) in [5.74, 6) is 0. The Kier molecular flexibility index (Phi) is 2.73. The smallest absolute Gasteiger partial charge is 0.423 e. The molecule has 0 radical (unpaired) electrons. The number of benzene rings is 2. The number of fused-ring (bicyclic) bond motifs is 1. The minimum absolute atomic E-state index is 0.0121. The molecule has 3 N–H and O–H groups in total. The molecule has 0 aliphatic rings. The predicted molar refractivity (Wildman–Crippen MR) is 59.7 cm³/mol. The van der Waals surface area contributed by atoms with Gasteiger partial charge in [0, 0.05) is 0 Å². The summed E-state index contributed by atoms with van der Waals surface area (Å²) in [6.45, 7) is -0.0121. The minimum Gasteiger partial charge on any atom is -0.423 e. The molecule has 3 nitrogen and oxygen atoms in total. The number of aliphatic hydroxyl groups excluding tert-OH is 1. The first-order valence-corrected chi connectivity index (χ1v) is 4.70. The Morgan fingerprint density at radius 1 is 0.933 bits per heavy atom. The fourth-order valence-electron chi connectivity index (χ4n) is 1.57. The summed E-state index contributed by atoms with van der Waals surface area (Å²) in [7, 11) is -1.45. The molecule has 0 atom stereocenters. The van der Waals surface area contributed by atoms with Crippen LogP contribution in [0.2, 0.25) is 0 Å². The molecular weight excluding hydrogens is 191 g/mol. The zero-order chi connectivity index (χ0) is 10.8. The van der Waals surface area contributed by atoms with Gasteiger partial charge in [0.15, 0.2) is 0 Å². The van der Waals surface area contributed by atoms with E-state index in [0.29, 0.717) is 5.46 Å². The van der Waals surface area contributed by atoms with Crippen LogP contribution < -0.4 is 5.46 Å². The van der Waals surface area contributed by atoms with Gasteiger partial charge in [-0.15, -0.1) is 0 Å². The van der Waals surface area contributed by atoms with Crippen molar-refractivity contribution in [3.8, 4) is 0 Å². The first-order chi connectivity index (χ1) is 7.20. The van der Waals surface area contributed by atoms with Crippen LogP contribution >= 0.6 is 0 Å². The highest BCUT2D eigenvalue weighted by atomic mass is 16.4. The van der Waals surface area contributed by atoms with Gasteiger partial charge in [-0.05, 0) is 27.9 Å². The van der Waals surface area contributed by atoms with Crippen molar-refractivity contribution in [3.63, 3.8) is 0 Å². The number of hydrogen-bond donors (Lipinski definition) is 3. The summed E-state index contributed by atoms with van der Waals surface area (Å²) in [6.07, 6.45) is 0. The van der Waals surface area contributed by atoms with Gasteiger partial charge in [0.2, 0.25) is 0 Å². The second kappa shape index (κ2) is 4.02. The third-order valence-electron chi connectivity index (χ3n) is 2.41. The van der Waals surface area contributed by atoms with Crippen molar-refractivity contribution >= 4 is 23.4 Å². The van der Waals surface area contributed by atoms with Crippen molar-refractivity contribution in [2.45, 2.75) is 6.61 Å². The molecule has 2 aromatic rings. The maximum absolute atomic E-state index is 9.02. The topological polar surface area (TPSA) is 60.7 Å². The molecule has 0 aromatic heterocycles. The largest absolute Gasteiger partial charge is 0.488 e. The van der Waals surface area contributed by atoms with Gasteiger partial charge in [-0.3, -0.25) is 0 Å². The summed E-state index contributed by atoms with van der Waals surface area (Å²) in [5.41, 5.74) is 1.27. The van der Waals surface area contributed by atoms with Crippen LogP contribution in [0.3, 0.4) is 0 Å². The zero-order valence-corrected chi connectivity index (χ0v) is 8.09. The van der Waals surface area contributed by atoms with Gasteiger partial charge < -0.3 is 15.2 Å². The molecule has 0 amide bonds. The zero-order valence-electron chi connectivity index (χ0n) is 8.09. The number of rotatable bonds is 2. The lowest BCUT2D eigenvalue weighted by Gasteiger charge is -2.04. The van der Waals surface area contributed by atoms with Gasteiger partial charge in [-0.25, -0.2) is 0 Å². The molecule has 0 saturated carbocycles. The number of hydrogen-bond acceptors (Lipinski definition) is 3. The highest BCUT2D eigenvalue weighted by Crippen LogP contribution is 2.14. The molecule has 0 saturated heterocycles. The van der Waals surface area contributed by atoms with E-state index in [-0.39, 0.29) is 6.61 Å². The van der Waals surface area contributed by atoms with E-state index in [4.69, 9.17) is 15.2 Å². The lowest BCUT2D eigenvalue weighted by molar-refractivity contribution is 0.282. The maximum Gasteiger partial charge on any atom is 0.488 e. The monoisotopic (exact) mass is 202 g/mol. The van der Waals surface area contributed by atoms with Crippen LogP contribution in [0, 0.1) is 0 Å². The molecule has 0 fully saturated rings. The molecule has 0 unspecified atom stereocenters. The second-order valence-corrected chi connectivity index (χ2v) is 3.47. The van der Waals surface area contributed by atoms with E-state index in [9.17, 15) is 0 Å². The second-order valence-electron chi connectivity index (χ2n) is 3.47. The highest BCUT2D eigenvalue weighted by molar-refractivity contribution is 6.58. The first-order valence-electron chi connectivity index (χ1n) is 4.70. The average Bonchev–Trinajstić information content (AvgIpc) is 2.27. The fraction of sp³-hybridized carbons (Fsp3) is 0.0909. The van der Waals surface area contributed by atoms with Crippen molar-refractivity contribution in [1.29, 1.82) is 0 Å². The van der Waals surface area contributed by atoms with Gasteiger partial charge in [-0.1, -0.05) is 30.3 Å². The van der Waals surface area contributed by atoms with E-state index in [1.807, 2.05) is 24.3 Å². The van der Waals surface area contributed by atoms with Crippen LogP contribution in [-0.4, -0.2) is 22.3 Å². The highest BCUT2D eigenvalue weighted by Gasteiger charge is 2.10. The summed E-state index contributed by atoms with van der Waals surface area (Å²) < 4.78 is 0. The lowest BCUT2D eigenvalue weighted by Crippen LogP contribution is -2.29. The van der Waals surface area contributed by atoms with Crippen molar-refractivity contribution in [2.75, 3.05) is 0 Å². The number of aliphatic hydroxyl groups is 1. The normalized spacial score (nSPS) is 10.6. The van der Waals surface area contributed by atoms with Crippen LogP contribution in [0.15, 0.2) is 36.4 Å². The van der Waals surface area contributed by atoms with Gasteiger partial charge in [0.05, 0.1) is 6.61 Å². The van der Waals surface area contributed by atoms with Gasteiger partial charge >= 0.3 is 7.12 Å². The van der Waals surface area contributed by atoms with Crippen LogP contribution in [0.25, 0.3) is 10.8 Å². The molecule has 0 aliphatic heterocycles. The van der Waals surface area contributed by atoms with E-state index in [0.717, 1.165) is 16.3 Å². The van der Waals surface area contributed by atoms with E-state index >= 15 is 0 Å². The van der Waals surface area contributed by atoms with E-state index in [2.05, 4.69) is 0 Å². The van der Waals surface area contributed by atoms with Gasteiger partial charge in [-0.2, -0.15) is 0 Å². The summed E-state index contributed by atoms with van der Waals surface area (Å²) in [6, 6.07) is 10.8. The first kappa shape index (κ1) is 10.2. The molecule has 0 heterocycles. The lowest BCUT2D eigenvalue weighted by atomic mass is 9.79. The summed E-state index contributed by atoms with van der Waals surface area (Å²) in [4.78, 5) is 0. The van der Waals surface area contributed by atoms with E-state index in [1.54, 1.807) is 12.1 Å². The van der Waals surface area contributed by atoms with Crippen molar-refractivity contribution in [3.05, 3.63) is 42.0 Å². The molecule has 0 bridgehead atoms.